The molecule has 0 fully saturated rings. The Hall–Kier alpha value is -0.920. The second-order valence-electron chi connectivity index (χ2n) is 2.38. The maximum atomic E-state index is 6.84. The van der Waals surface area contributed by atoms with E-state index in [2.05, 4.69) is 18.8 Å². The zero-order valence-electron chi connectivity index (χ0n) is 6.76. The van der Waals surface area contributed by atoms with E-state index in [0.717, 1.165) is 5.57 Å². The van der Waals surface area contributed by atoms with Crippen LogP contribution in [0.5, 0.6) is 0 Å². The van der Waals surface area contributed by atoms with Crippen molar-refractivity contribution in [2.24, 2.45) is 10.9 Å². The summed E-state index contributed by atoms with van der Waals surface area (Å²) < 4.78 is 0. The number of hydrogen-bond donors (Lipinski definition) is 1. The van der Waals surface area contributed by atoms with E-state index < -0.39 is 0 Å². The highest BCUT2D eigenvalue weighted by atomic mass is 14.6. The Morgan fingerprint density at radius 1 is 1.50 bits per heavy atom. The van der Waals surface area contributed by atoms with E-state index >= 15 is 0 Å². The number of allylic oxidation sites excluding steroid dienone is 2. The van der Waals surface area contributed by atoms with E-state index in [9.17, 15) is 0 Å². The Balaban J connectivity index is 4.25. The predicted molar refractivity (Wildman–Crippen MR) is 46.1 cm³/mol. The van der Waals surface area contributed by atoms with Crippen LogP contribution in [0.4, 0.5) is 0 Å². The maximum Gasteiger partial charge on any atom is 0.0277 e. The molecule has 2 nitrogen and oxygen atoms in total. The first-order chi connectivity index (χ1) is 4.72. The van der Waals surface area contributed by atoms with Crippen LogP contribution in [-0.2, 0) is 0 Å². The Kier molecular flexibility index (Phi) is 4.46. The standard InChI is InChI=1S/C8H14N2/c1-7(2)8(4-5-9)6-10-3/h4-7,9H,1-3H3/b8-4+,9-5?,10-6-. The molecule has 0 unspecified atom stereocenters. The highest BCUT2D eigenvalue weighted by molar-refractivity contribution is 5.86. The van der Waals surface area contributed by atoms with E-state index in [1.165, 1.54) is 6.21 Å². The van der Waals surface area contributed by atoms with Gasteiger partial charge in [-0.1, -0.05) is 13.8 Å². The summed E-state index contributed by atoms with van der Waals surface area (Å²) in [7, 11) is 1.74. The van der Waals surface area contributed by atoms with E-state index in [0.29, 0.717) is 5.92 Å². The van der Waals surface area contributed by atoms with Crippen LogP contribution < -0.4 is 0 Å². The van der Waals surface area contributed by atoms with Crippen LogP contribution in [0, 0.1) is 11.3 Å². The lowest BCUT2D eigenvalue weighted by Gasteiger charge is -2.02. The van der Waals surface area contributed by atoms with Crippen molar-refractivity contribution in [2.75, 3.05) is 7.05 Å². The van der Waals surface area contributed by atoms with Gasteiger partial charge in [-0.2, -0.15) is 0 Å². The van der Waals surface area contributed by atoms with E-state index in [1.54, 1.807) is 19.3 Å². The average molecular weight is 138 g/mol. The zero-order chi connectivity index (χ0) is 7.98. The van der Waals surface area contributed by atoms with E-state index in [-0.39, 0.29) is 0 Å². The Labute approximate surface area is 62.2 Å². The highest BCUT2D eigenvalue weighted by Gasteiger charge is 1.96. The second-order valence-corrected chi connectivity index (χ2v) is 2.38. The van der Waals surface area contributed by atoms with Crippen molar-refractivity contribution in [1.82, 2.24) is 0 Å². The summed E-state index contributed by atoms with van der Waals surface area (Å²) in [4.78, 5) is 3.88. The molecule has 10 heavy (non-hydrogen) atoms. The van der Waals surface area contributed by atoms with Gasteiger partial charge in [0.15, 0.2) is 0 Å². The molecule has 0 amide bonds. The van der Waals surface area contributed by atoms with Gasteiger partial charge < -0.3 is 5.41 Å². The van der Waals surface area contributed by atoms with E-state index in [1.807, 2.05) is 0 Å². The number of nitrogens with one attached hydrogen (secondary N) is 1. The van der Waals surface area contributed by atoms with Gasteiger partial charge in [-0.15, -0.1) is 0 Å². The van der Waals surface area contributed by atoms with Crippen LogP contribution in [0.2, 0.25) is 0 Å². The highest BCUT2D eigenvalue weighted by Crippen LogP contribution is 2.04. The fourth-order valence-corrected chi connectivity index (χ4v) is 0.630. The average Bonchev–Trinajstić information content (AvgIpc) is 1.87. The summed E-state index contributed by atoms with van der Waals surface area (Å²) in [6.07, 6.45) is 4.84. The van der Waals surface area contributed by atoms with Crippen LogP contribution in [0.15, 0.2) is 16.6 Å². The quantitative estimate of drug-likeness (QED) is 0.578. The lowest BCUT2D eigenvalue weighted by Crippen LogP contribution is -1.95. The summed E-state index contributed by atoms with van der Waals surface area (Å²) in [5.41, 5.74) is 1.09. The Morgan fingerprint density at radius 2 is 2.10 bits per heavy atom. The molecule has 0 aliphatic carbocycles. The topological polar surface area (TPSA) is 36.2 Å². The van der Waals surface area contributed by atoms with Crippen molar-refractivity contribution >= 4 is 12.4 Å². The molecule has 0 heterocycles. The normalized spacial score (nSPS) is 13.0. The summed E-state index contributed by atoms with van der Waals surface area (Å²) in [5, 5.41) is 6.84. The summed E-state index contributed by atoms with van der Waals surface area (Å²) >= 11 is 0. The molecule has 2 heteroatoms. The maximum absolute atomic E-state index is 6.84. The smallest absolute Gasteiger partial charge is 0.0277 e. The third-order valence-electron chi connectivity index (χ3n) is 1.22. The molecule has 56 valence electrons. The first kappa shape index (κ1) is 9.08. The van der Waals surface area contributed by atoms with Gasteiger partial charge in [0, 0.05) is 19.5 Å². The second kappa shape index (κ2) is 4.91. The van der Waals surface area contributed by atoms with Crippen molar-refractivity contribution < 1.29 is 0 Å². The van der Waals surface area contributed by atoms with Crippen LogP contribution in [0.1, 0.15) is 13.8 Å². The molecule has 0 radical (unpaired) electrons. The lowest BCUT2D eigenvalue weighted by molar-refractivity contribution is 0.807. The van der Waals surface area contributed by atoms with Crippen LogP contribution >= 0.6 is 0 Å². The molecule has 1 N–H and O–H groups in total. The molecule has 0 aromatic heterocycles. The molecule has 0 aliphatic heterocycles. The van der Waals surface area contributed by atoms with Gasteiger partial charge in [-0.05, 0) is 17.6 Å². The molecular formula is C8H14N2. The fraction of sp³-hybridized carbons (Fsp3) is 0.500. The lowest BCUT2D eigenvalue weighted by atomic mass is 10.0. The third-order valence-corrected chi connectivity index (χ3v) is 1.22. The molecule has 0 saturated carbocycles. The van der Waals surface area contributed by atoms with Crippen LogP contribution in [0.3, 0.4) is 0 Å². The Bertz CT molecular complexity index is 155. The van der Waals surface area contributed by atoms with Gasteiger partial charge in [0.25, 0.3) is 0 Å². The molecule has 0 saturated heterocycles. The van der Waals surface area contributed by atoms with Crippen LogP contribution in [-0.4, -0.2) is 19.5 Å². The molecule has 0 aromatic carbocycles. The van der Waals surface area contributed by atoms with Gasteiger partial charge in [0.1, 0.15) is 0 Å². The fourth-order valence-electron chi connectivity index (χ4n) is 0.630. The van der Waals surface area contributed by atoms with Gasteiger partial charge in [-0.25, -0.2) is 0 Å². The summed E-state index contributed by atoms with van der Waals surface area (Å²) in [6.45, 7) is 4.16. The number of nitrogens with zero attached hydrogens (tertiary/aromatic N) is 1. The molecule has 0 rings (SSSR count). The van der Waals surface area contributed by atoms with E-state index in [4.69, 9.17) is 5.41 Å². The first-order valence-corrected chi connectivity index (χ1v) is 3.35. The molecule has 0 atom stereocenters. The minimum absolute atomic E-state index is 0.449. The number of aliphatic imine (C=N–C) groups is 1. The molecule has 0 bridgehead atoms. The van der Waals surface area contributed by atoms with Gasteiger partial charge in [-0.3, -0.25) is 4.99 Å². The van der Waals surface area contributed by atoms with Crippen molar-refractivity contribution in [3.05, 3.63) is 11.6 Å². The first-order valence-electron chi connectivity index (χ1n) is 3.35. The largest absolute Gasteiger partial charge is 0.309 e. The summed E-state index contributed by atoms with van der Waals surface area (Å²) in [5.74, 6) is 0.449. The zero-order valence-corrected chi connectivity index (χ0v) is 6.76. The minimum Gasteiger partial charge on any atom is -0.309 e. The minimum atomic E-state index is 0.449. The van der Waals surface area contributed by atoms with Crippen molar-refractivity contribution in [2.45, 2.75) is 13.8 Å². The SMILES string of the molecule is C/N=C\C(=C/C=N)C(C)C. The molecular weight excluding hydrogens is 124 g/mol. The van der Waals surface area contributed by atoms with Crippen molar-refractivity contribution in [1.29, 1.82) is 5.41 Å². The predicted octanol–water partition coefficient (Wildman–Crippen LogP) is 1.92. The van der Waals surface area contributed by atoms with Gasteiger partial charge in [0.05, 0.1) is 0 Å². The molecule has 0 spiro atoms. The number of rotatable bonds is 3. The third kappa shape index (κ3) is 3.17. The van der Waals surface area contributed by atoms with Crippen molar-refractivity contribution in [3.8, 4) is 0 Å². The van der Waals surface area contributed by atoms with Gasteiger partial charge in [0.2, 0.25) is 0 Å². The molecule has 0 aromatic rings. The monoisotopic (exact) mass is 138 g/mol. The molecule has 0 aliphatic rings. The number of hydrogen-bond acceptors (Lipinski definition) is 2. The van der Waals surface area contributed by atoms with Crippen LogP contribution in [0.25, 0.3) is 0 Å². The Morgan fingerprint density at radius 3 is 2.40 bits per heavy atom. The summed E-state index contributed by atoms with van der Waals surface area (Å²) in [6, 6.07) is 0. The van der Waals surface area contributed by atoms with Crippen molar-refractivity contribution in [3.63, 3.8) is 0 Å². The van der Waals surface area contributed by atoms with Gasteiger partial charge >= 0.3 is 0 Å².